The van der Waals surface area contributed by atoms with E-state index in [0.29, 0.717) is 29.9 Å². The summed E-state index contributed by atoms with van der Waals surface area (Å²) in [6.07, 6.45) is 7.75. The molecular formula is C35H38N6O4. The molecule has 0 unspecified atom stereocenters. The van der Waals surface area contributed by atoms with Gasteiger partial charge in [-0.25, -0.2) is 19.3 Å². The summed E-state index contributed by atoms with van der Waals surface area (Å²) in [5.41, 5.74) is 6.89. The number of hydrogen-bond donors (Lipinski definition) is 0. The number of esters is 1. The first-order valence-corrected chi connectivity index (χ1v) is 16.1. The number of likely N-dealkylation sites (tertiary alicyclic amines) is 1. The number of imidazole rings is 1. The molecule has 0 amide bonds. The second kappa shape index (κ2) is 11.9. The van der Waals surface area contributed by atoms with Crippen molar-refractivity contribution in [1.29, 1.82) is 0 Å². The zero-order valence-corrected chi connectivity index (χ0v) is 25.6. The molecule has 10 nitrogen and oxygen atoms in total. The van der Waals surface area contributed by atoms with Gasteiger partial charge in [0.05, 0.1) is 54.1 Å². The van der Waals surface area contributed by atoms with Crippen molar-refractivity contribution >= 4 is 22.5 Å². The highest BCUT2D eigenvalue weighted by atomic mass is 16.5. The summed E-state index contributed by atoms with van der Waals surface area (Å²) in [7, 11) is 1.41. The van der Waals surface area contributed by atoms with E-state index in [-0.39, 0.29) is 12.1 Å². The highest BCUT2D eigenvalue weighted by molar-refractivity contribution is 5.93. The zero-order chi connectivity index (χ0) is 30.3. The number of carbonyl (C=O) groups excluding carboxylic acids is 1. The number of pyridine rings is 2. The van der Waals surface area contributed by atoms with Crippen molar-refractivity contribution in [3.63, 3.8) is 0 Å². The first-order valence-electron chi connectivity index (χ1n) is 16.1. The van der Waals surface area contributed by atoms with Crippen LogP contribution in [0.1, 0.15) is 77.1 Å². The third-order valence-electron chi connectivity index (χ3n) is 9.52. The van der Waals surface area contributed by atoms with E-state index >= 15 is 0 Å². The van der Waals surface area contributed by atoms with Gasteiger partial charge in [-0.1, -0.05) is 12.1 Å². The molecule has 4 aromatic heterocycles. The first kappa shape index (κ1) is 28.2. The van der Waals surface area contributed by atoms with Crippen molar-refractivity contribution in [2.24, 2.45) is 0 Å². The summed E-state index contributed by atoms with van der Waals surface area (Å²) < 4.78 is 21.2. The van der Waals surface area contributed by atoms with Gasteiger partial charge >= 0.3 is 5.97 Å². The van der Waals surface area contributed by atoms with Gasteiger partial charge in [-0.05, 0) is 81.6 Å². The molecule has 3 fully saturated rings. The van der Waals surface area contributed by atoms with E-state index in [9.17, 15) is 4.79 Å². The van der Waals surface area contributed by atoms with Gasteiger partial charge in [-0.3, -0.25) is 4.90 Å². The number of nitrogens with zero attached hydrogens (tertiary/aromatic N) is 6. The zero-order valence-electron chi connectivity index (χ0n) is 25.6. The standard InChI is InChI=1S/C35H38N6O4/c1-43-35(42)25-9-10-29-32(18-25)40(20-27-13-17-44-27)33(36-29)21-39-15-11-24(12-16-39)28-5-2-6-34(37-28)45-22-26-4-3-14-41-31(26)19-30(38-41)23-7-8-23/h2-6,9-10,14,18-19,23-24,27H,7-8,11-13,15-17,20-22H2,1H3/t27-/m0/s1. The Morgan fingerprint density at radius 1 is 0.933 bits per heavy atom. The van der Waals surface area contributed by atoms with Crippen molar-refractivity contribution in [1.82, 2.24) is 29.0 Å². The second-order valence-corrected chi connectivity index (χ2v) is 12.6. The van der Waals surface area contributed by atoms with E-state index < -0.39 is 0 Å². The molecule has 1 atom stereocenters. The van der Waals surface area contributed by atoms with Crippen LogP contribution in [0.5, 0.6) is 5.88 Å². The van der Waals surface area contributed by atoms with Crippen LogP contribution < -0.4 is 4.74 Å². The molecule has 5 aromatic rings. The Kier molecular flexibility index (Phi) is 7.46. The third-order valence-corrected chi connectivity index (χ3v) is 9.52. The molecule has 0 bridgehead atoms. The van der Waals surface area contributed by atoms with Gasteiger partial charge in [0.2, 0.25) is 5.88 Å². The van der Waals surface area contributed by atoms with Crippen LogP contribution in [0.15, 0.2) is 60.8 Å². The summed E-state index contributed by atoms with van der Waals surface area (Å²) >= 11 is 0. The largest absolute Gasteiger partial charge is 0.473 e. The Labute approximate surface area is 261 Å². The molecule has 6 heterocycles. The molecular weight excluding hydrogens is 568 g/mol. The van der Waals surface area contributed by atoms with Crippen molar-refractivity contribution in [2.45, 2.75) is 69.7 Å². The average Bonchev–Trinajstić information content (AvgIpc) is 3.72. The second-order valence-electron chi connectivity index (χ2n) is 12.6. The number of benzene rings is 1. The lowest BCUT2D eigenvalue weighted by Crippen LogP contribution is -2.35. The number of piperidine rings is 1. The molecule has 0 N–H and O–H groups in total. The van der Waals surface area contributed by atoms with Gasteiger partial charge in [-0.15, -0.1) is 0 Å². The van der Waals surface area contributed by atoms with E-state index in [2.05, 4.69) is 33.7 Å². The average molecular weight is 607 g/mol. The third kappa shape index (κ3) is 5.80. The number of fused-ring (bicyclic) bond motifs is 2. The van der Waals surface area contributed by atoms with Crippen molar-refractivity contribution in [2.75, 3.05) is 26.8 Å². The summed E-state index contributed by atoms with van der Waals surface area (Å²) in [6.45, 7) is 4.67. The maximum Gasteiger partial charge on any atom is 0.337 e. The minimum Gasteiger partial charge on any atom is -0.473 e. The summed E-state index contributed by atoms with van der Waals surface area (Å²) in [6, 6.07) is 18.1. The fraction of sp³-hybridized carbons (Fsp3) is 0.429. The van der Waals surface area contributed by atoms with Crippen molar-refractivity contribution < 1.29 is 19.0 Å². The molecule has 10 heteroatoms. The van der Waals surface area contributed by atoms with E-state index in [0.717, 1.165) is 85.7 Å². The maximum atomic E-state index is 12.2. The van der Waals surface area contributed by atoms with Crippen LogP contribution in [-0.4, -0.2) is 67.9 Å². The highest BCUT2D eigenvalue weighted by Crippen LogP contribution is 2.40. The quantitative estimate of drug-likeness (QED) is 0.193. The lowest BCUT2D eigenvalue weighted by molar-refractivity contribution is -0.0592. The van der Waals surface area contributed by atoms with Crippen LogP contribution >= 0.6 is 0 Å². The fourth-order valence-electron chi connectivity index (χ4n) is 6.64. The Bertz CT molecular complexity index is 1850. The predicted molar refractivity (Wildman–Crippen MR) is 168 cm³/mol. The SMILES string of the molecule is COC(=O)c1ccc2nc(CN3CCC(c4cccc(OCc5cccn6nc(C7CC7)cc56)n4)CC3)n(C[C@@H]3CCO3)c2c1. The van der Waals surface area contributed by atoms with E-state index in [1.807, 2.05) is 35.0 Å². The summed E-state index contributed by atoms with van der Waals surface area (Å²) in [5.74, 6) is 2.33. The fourth-order valence-corrected chi connectivity index (χ4v) is 6.64. The van der Waals surface area contributed by atoms with Gasteiger partial charge in [0.25, 0.3) is 0 Å². The summed E-state index contributed by atoms with van der Waals surface area (Å²) in [5, 5.41) is 4.76. The number of methoxy groups -OCH3 is 1. The molecule has 0 spiro atoms. The smallest absolute Gasteiger partial charge is 0.337 e. The topological polar surface area (TPSA) is 96.0 Å². The van der Waals surface area contributed by atoms with Gasteiger partial charge in [0.1, 0.15) is 12.4 Å². The van der Waals surface area contributed by atoms with Crippen LogP contribution in [0, 0.1) is 0 Å². The molecule has 2 aliphatic heterocycles. The molecule has 2 saturated heterocycles. The Morgan fingerprint density at radius 3 is 2.56 bits per heavy atom. The Morgan fingerprint density at radius 2 is 1.78 bits per heavy atom. The minimum absolute atomic E-state index is 0.183. The normalized spacial score (nSPS) is 19.2. The number of rotatable bonds is 10. The Hall–Kier alpha value is -4.28. The van der Waals surface area contributed by atoms with E-state index in [4.69, 9.17) is 29.3 Å². The maximum absolute atomic E-state index is 12.2. The molecule has 45 heavy (non-hydrogen) atoms. The summed E-state index contributed by atoms with van der Waals surface area (Å²) in [4.78, 5) is 24.6. The van der Waals surface area contributed by atoms with Crippen molar-refractivity contribution in [3.05, 3.63) is 89.1 Å². The lowest BCUT2D eigenvalue weighted by atomic mass is 9.93. The number of ether oxygens (including phenoxy) is 3. The predicted octanol–water partition coefficient (Wildman–Crippen LogP) is 5.49. The number of aromatic nitrogens is 5. The van der Waals surface area contributed by atoms with Crippen LogP contribution in [0.2, 0.25) is 0 Å². The minimum atomic E-state index is -0.339. The lowest BCUT2D eigenvalue weighted by Gasteiger charge is -2.32. The van der Waals surface area contributed by atoms with Gasteiger partial charge < -0.3 is 18.8 Å². The molecule has 3 aliphatic rings. The van der Waals surface area contributed by atoms with Crippen LogP contribution in [0.4, 0.5) is 0 Å². The molecule has 8 rings (SSSR count). The van der Waals surface area contributed by atoms with E-state index in [1.54, 1.807) is 6.07 Å². The molecule has 0 radical (unpaired) electrons. The van der Waals surface area contributed by atoms with Gasteiger partial charge in [-0.2, -0.15) is 5.10 Å². The van der Waals surface area contributed by atoms with Crippen LogP contribution in [0.25, 0.3) is 16.6 Å². The van der Waals surface area contributed by atoms with E-state index in [1.165, 1.54) is 25.6 Å². The number of hydrogen-bond acceptors (Lipinski definition) is 8. The highest BCUT2D eigenvalue weighted by Gasteiger charge is 2.28. The van der Waals surface area contributed by atoms with Gasteiger partial charge in [0.15, 0.2) is 0 Å². The molecule has 1 aliphatic carbocycles. The Balaban J connectivity index is 0.925. The van der Waals surface area contributed by atoms with Gasteiger partial charge in [0, 0.05) is 42.0 Å². The van der Waals surface area contributed by atoms with Crippen molar-refractivity contribution in [3.8, 4) is 5.88 Å². The monoisotopic (exact) mass is 606 g/mol. The molecule has 1 aromatic carbocycles. The number of carbonyl (C=O) groups is 1. The molecule has 232 valence electrons. The van der Waals surface area contributed by atoms with Crippen LogP contribution in [-0.2, 0) is 29.2 Å². The first-order chi connectivity index (χ1) is 22.1. The van der Waals surface area contributed by atoms with Crippen LogP contribution in [0.3, 0.4) is 0 Å². The molecule has 1 saturated carbocycles.